The number of nitrogens with one attached hydrogen (secondary N) is 2. The Balaban J connectivity index is 0. The molecule has 0 aliphatic rings. The Bertz CT molecular complexity index is 150. The molecule has 0 fully saturated rings. The number of rotatable bonds is 1. The van der Waals surface area contributed by atoms with Crippen LogP contribution in [0.3, 0.4) is 0 Å². The summed E-state index contributed by atoms with van der Waals surface area (Å²) in [5, 5.41) is 0. The van der Waals surface area contributed by atoms with Crippen molar-refractivity contribution < 1.29 is 34.4 Å². The summed E-state index contributed by atoms with van der Waals surface area (Å²) in [5.74, 6) is -0.359. The fourth-order valence-corrected chi connectivity index (χ4v) is 0.266. The molecule has 0 aromatic carbocycles. The predicted molar refractivity (Wildman–Crippen MR) is 41.4 cm³/mol. The molecule has 0 heterocycles. The molecule has 0 saturated heterocycles. The van der Waals surface area contributed by atoms with Crippen molar-refractivity contribution >= 4 is 35.1 Å². The summed E-state index contributed by atoms with van der Waals surface area (Å²) in [6.45, 7) is 3.21. The summed E-state index contributed by atoms with van der Waals surface area (Å²) < 4.78 is 0.102. The fraction of sp³-hybridized carbons (Fsp3) is 0. The molecule has 1 amide bonds. The van der Waals surface area contributed by atoms with Gasteiger partial charge in [-0.25, -0.2) is 0 Å². The van der Waals surface area contributed by atoms with Crippen LogP contribution in [0.15, 0.2) is 12.7 Å². The Morgan fingerprint density at radius 1 is 1.60 bits per heavy atom. The van der Waals surface area contributed by atoms with Gasteiger partial charge in [0, 0.05) is 0 Å². The van der Waals surface area contributed by atoms with Crippen molar-refractivity contribution in [2.24, 2.45) is 0 Å². The van der Waals surface area contributed by atoms with Gasteiger partial charge in [-0.05, 0) is 10.4 Å². The molecule has 3 nitrogen and oxygen atoms in total. The third-order valence-corrected chi connectivity index (χ3v) is 0.677. The maximum atomic E-state index is 10.3. The van der Waals surface area contributed by atoms with Crippen LogP contribution < -0.4 is 40.4 Å². The third-order valence-electron chi connectivity index (χ3n) is 0.473. The first kappa shape index (κ1) is 12.9. The van der Waals surface area contributed by atoms with Crippen molar-refractivity contribution in [1.82, 2.24) is 10.9 Å². The van der Waals surface area contributed by atoms with E-state index in [-0.39, 0.29) is 39.8 Å². The maximum absolute atomic E-state index is 10.3. The summed E-state index contributed by atoms with van der Waals surface area (Å²) in [6.07, 6.45) is 1.11. The zero-order valence-electron chi connectivity index (χ0n) is 5.51. The van der Waals surface area contributed by atoms with Crippen LogP contribution in [-0.2, 0) is 17.4 Å². The number of hydrazine groups is 1. The number of carbonyl (C=O) groups is 1. The van der Waals surface area contributed by atoms with Gasteiger partial charge in [0.15, 0.2) is 0 Å². The first-order valence-electron chi connectivity index (χ1n) is 2.06. The summed E-state index contributed by atoms with van der Waals surface area (Å²) >= 11 is 8.83. The largest absolute Gasteiger partial charge is 1.00 e. The van der Waals surface area contributed by atoms with Gasteiger partial charge in [-0.3, -0.25) is 10.2 Å². The van der Waals surface area contributed by atoms with Crippen molar-refractivity contribution in [2.75, 3.05) is 0 Å². The molecule has 0 saturated carbocycles. The van der Waals surface area contributed by atoms with Gasteiger partial charge in [0.05, 0.1) is 0 Å². The van der Waals surface area contributed by atoms with Gasteiger partial charge < -0.3 is 30.3 Å². The molecule has 10 heavy (non-hydrogen) atoms. The zero-order valence-corrected chi connectivity index (χ0v) is 9.14. The van der Waals surface area contributed by atoms with Gasteiger partial charge in [-0.1, -0.05) is 6.58 Å². The minimum absolute atomic E-state index is 0. The summed E-state index contributed by atoms with van der Waals surface area (Å²) in [4.78, 5) is 10.3. The van der Waals surface area contributed by atoms with Crippen LogP contribution in [0.4, 0.5) is 0 Å². The van der Waals surface area contributed by atoms with E-state index in [1.807, 2.05) is 0 Å². The topological polar surface area (TPSA) is 41.1 Å². The van der Waals surface area contributed by atoms with Gasteiger partial charge in [0.25, 0.3) is 5.91 Å². The second-order valence-electron chi connectivity index (χ2n) is 1.11. The molecule has 0 aromatic heterocycles. The van der Waals surface area contributed by atoms with E-state index in [1.54, 1.807) is 0 Å². The second kappa shape index (κ2) is 7.43. The smallest absolute Gasteiger partial charge is 0.410 e. The van der Waals surface area contributed by atoms with Crippen LogP contribution >= 0.6 is 12.2 Å². The number of carbonyl (C=O) groups excluding carboxylic acids is 1. The van der Waals surface area contributed by atoms with E-state index in [2.05, 4.69) is 42.3 Å². The molecule has 0 aliphatic heterocycles. The molecule has 0 unspecified atom stereocenters. The van der Waals surface area contributed by atoms with Gasteiger partial charge in [0.2, 0.25) is 0 Å². The molecule has 0 spiro atoms. The average molecular weight is 184 g/mol. The molecule has 6 heteroatoms. The summed E-state index contributed by atoms with van der Waals surface area (Å²) in [5.41, 5.74) is 4.45. The first-order chi connectivity index (χ1) is 4.16. The van der Waals surface area contributed by atoms with Crippen molar-refractivity contribution in [3.05, 3.63) is 12.7 Å². The number of hydrogen-bond acceptors (Lipinski definition) is 3. The van der Waals surface area contributed by atoms with E-state index >= 15 is 0 Å². The number of amides is 1. The predicted octanol–water partition coefficient (Wildman–Crippen LogP) is -3.37. The van der Waals surface area contributed by atoms with E-state index in [0.717, 1.165) is 6.08 Å². The van der Waals surface area contributed by atoms with Crippen molar-refractivity contribution in [3.63, 3.8) is 0 Å². The Morgan fingerprint density at radius 2 is 2.10 bits per heavy atom. The maximum Gasteiger partial charge on any atom is 1.00 e. The van der Waals surface area contributed by atoms with Gasteiger partial charge in [0.1, 0.15) is 0 Å². The second-order valence-corrected chi connectivity index (χ2v) is 2.18. The van der Waals surface area contributed by atoms with Crippen LogP contribution in [0.5, 0.6) is 0 Å². The van der Waals surface area contributed by atoms with Gasteiger partial charge in [-0.2, -0.15) is 0 Å². The quantitative estimate of drug-likeness (QED) is 0.147. The summed E-state index contributed by atoms with van der Waals surface area (Å²) in [6, 6.07) is 0. The van der Waals surface area contributed by atoms with Gasteiger partial charge >= 0.3 is 29.6 Å². The molecule has 0 bridgehead atoms. The van der Waals surface area contributed by atoms with Crippen LogP contribution in [0, 0.1) is 0 Å². The molecule has 0 aliphatic carbocycles. The Kier molecular flexibility index (Phi) is 9.62. The molecule has 0 rings (SSSR count). The van der Waals surface area contributed by atoms with E-state index < -0.39 is 0 Å². The Hall–Kier alpha value is 0.320. The molecule has 0 aromatic rings. The standard InChI is InChI=1S/C4H6N2OS2.Na/c1-2-3(7)5-6-4(8)9;/h2H,1H2,(H,5,7)(H2,6,8,9);/q;+1/p-1. The van der Waals surface area contributed by atoms with Crippen LogP contribution in [0.2, 0.25) is 0 Å². The van der Waals surface area contributed by atoms with Crippen molar-refractivity contribution in [1.29, 1.82) is 0 Å². The molecular weight excluding hydrogens is 179 g/mol. The first-order valence-corrected chi connectivity index (χ1v) is 2.88. The molecular formula is C4H5N2NaOS2. The molecule has 0 radical (unpaired) electrons. The summed E-state index contributed by atoms with van der Waals surface area (Å²) in [7, 11) is 0. The van der Waals surface area contributed by atoms with E-state index in [9.17, 15) is 4.79 Å². The Morgan fingerprint density at radius 3 is 2.40 bits per heavy atom. The van der Waals surface area contributed by atoms with Crippen LogP contribution in [-0.4, -0.2) is 10.2 Å². The fourth-order valence-electron chi connectivity index (χ4n) is 0.164. The van der Waals surface area contributed by atoms with E-state index in [1.165, 1.54) is 0 Å². The zero-order chi connectivity index (χ0) is 7.28. The van der Waals surface area contributed by atoms with Crippen LogP contribution in [0.25, 0.3) is 0 Å². The van der Waals surface area contributed by atoms with Crippen molar-refractivity contribution in [3.8, 4) is 0 Å². The third kappa shape index (κ3) is 8.32. The van der Waals surface area contributed by atoms with Gasteiger partial charge in [-0.15, -0.1) is 0 Å². The minimum Gasteiger partial charge on any atom is -0.410 e. The average Bonchev–Trinajstić information content (AvgIpc) is 1.83. The molecule has 50 valence electrons. The normalized spacial score (nSPS) is 6.80. The van der Waals surface area contributed by atoms with Crippen molar-refractivity contribution in [2.45, 2.75) is 0 Å². The van der Waals surface area contributed by atoms with E-state index in [0.29, 0.717) is 0 Å². The SMILES string of the molecule is C=CC(=O)NNC(=S)[S-].[Na+]. The minimum atomic E-state index is -0.359. The van der Waals surface area contributed by atoms with Crippen LogP contribution in [0.1, 0.15) is 0 Å². The monoisotopic (exact) mass is 184 g/mol. The number of hydrogen-bond donors (Lipinski definition) is 2. The Labute approximate surface area is 92.3 Å². The number of thiocarbonyl (C=S) groups is 1. The molecule has 0 atom stereocenters. The molecule has 2 N–H and O–H groups in total. The van der Waals surface area contributed by atoms with E-state index in [4.69, 9.17) is 0 Å².